The Labute approximate surface area is 201 Å². The van der Waals surface area contributed by atoms with Crippen molar-refractivity contribution in [1.82, 2.24) is 15.1 Å². The molecule has 1 aliphatic heterocycles. The first-order valence-electron chi connectivity index (χ1n) is 11.6. The molecule has 2 aromatic carbocycles. The summed E-state index contributed by atoms with van der Waals surface area (Å²) in [7, 11) is 0. The molecule has 0 unspecified atom stereocenters. The highest BCUT2D eigenvalue weighted by Gasteiger charge is 2.19. The summed E-state index contributed by atoms with van der Waals surface area (Å²) in [4.78, 5) is 18.9. The van der Waals surface area contributed by atoms with Crippen LogP contribution in [0.25, 0.3) is 0 Å². The number of carbonyl (C=O) groups excluding carboxylic acids is 1. The van der Waals surface area contributed by atoms with Gasteiger partial charge >= 0.3 is 6.03 Å². The summed E-state index contributed by atoms with van der Waals surface area (Å²) in [6.45, 7) is 8.00. The maximum atomic E-state index is 12.7. The van der Waals surface area contributed by atoms with Gasteiger partial charge in [0.2, 0.25) is 0 Å². The molecule has 0 radical (unpaired) electrons. The second-order valence-corrected chi connectivity index (χ2v) is 8.44. The normalized spacial score (nSPS) is 14.1. The van der Waals surface area contributed by atoms with Crippen LogP contribution in [0, 0.1) is 5.41 Å². The number of para-hydroxylation sites is 1. The largest absolute Gasteiger partial charge is 0.492 e. The van der Waals surface area contributed by atoms with Gasteiger partial charge in [0.15, 0.2) is 0 Å². The van der Waals surface area contributed by atoms with Crippen LogP contribution in [0.15, 0.2) is 54.6 Å². The molecule has 1 fully saturated rings. The molecule has 7 nitrogen and oxygen atoms in total. The summed E-state index contributed by atoms with van der Waals surface area (Å²) in [6, 6.07) is 17.3. The van der Waals surface area contributed by atoms with E-state index in [1.165, 1.54) is 10.6 Å². The van der Waals surface area contributed by atoms with Crippen molar-refractivity contribution in [2.75, 3.05) is 57.3 Å². The molecule has 0 atom stereocenters. The number of anilines is 1. The Hall–Kier alpha value is -2.77. The lowest BCUT2D eigenvalue weighted by Gasteiger charge is -2.36. The number of hydrogen-bond donors (Lipinski definition) is 2. The van der Waals surface area contributed by atoms with Crippen LogP contribution in [0.5, 0.6) is 5.75 Å². The third kappa shape index (κ3) is 7.94. The zero-order valence-electron chi connectivity index (χ0n) is 19.3. The highest BCUT2D eigenvalue weighted by Crippen LogP contribution is 2.20. The molecule has 1 saturated heterocycles. The van der Waals surface area contributed by atoms with Gasteiger partial charge in [-0.3, -0.25) is 15.2 Å². The number of urea groups is 1. The Morgan fingerprint density at radius 2 is 1.88 bits per heavy atom. The van der Waals surface area contributed by atoms with Crippen LogP contribution in [0.4, 0.5) is 10.5 Å². The number of ether oxygens (including phenoxy) is 1. The average molecular weight is 472 g/mol. The second kappa shape index (κ2) is 13.1. The third-order valence-electron chi connectivity index (χ3n) is 5.71. The molecule has 2 amide bonds. The van der Waals surface area contributed by atoms with Crippen molar-refractivity contribution in [3.8, 4) is 5.75 Å². The molecule has 1 aliphatic rings. The van der Waals surface area contributed by atoms with E-state index in [0.717, 1.165) is 49.9 Å². The van der Waals surface area contributed by atoms with Crippen LogP contribution in [-0.2, 0) is 0 Å². The van der Waals surface area contributed by atoms with E-state index < -0.39 is 0 Å². The number of piperazine rings is 1. The van der Waals surface area contributed by atoms with Crippen molar-refractivity contribution >= 4 is 29.2 Å². The number of hydrogen-bond acceptors (Lipinski definition) is 5. The van der Waals surface area contributed by atoms with Crippen molar-refractivity contribution in [3.05, 3.63) is 59.6 Å². The van der Waals surface area contributed by atoms with Gasteiger partial charge in [-0.15, -0.1) is 0 Å². The number of nitrogens with zero attached hydrogens (tertiary/aromatic N) is 3. The highest BCUT2D eigenvalue weighted by molar-refractivity contribution is 6.30. The molecule has 8 heteroatoms. The van der Waals surface area contributed by atoms with E-state index in [-0.39, 0.29) is 6.03 Å². The number of amides is 2. The molecule has 0 bridgehead atoms. The summed E-state index contributed by atoms with van der Waals surface area (Å²) >= 11 is 6.11. The van der Waals surface area contributed by atoms with Crippen LogP contribution in [0.3, 0.4) is 0 Å². The molecule has 0 spiro atoms. The van der Waals surface area contributed by atoms with Crippen LogP contribution in [-0.4, -0.2) is 74.1 Å². The lowest BCUT2D eigenvalue weighted by atomic mass is 10.2. The molecular formula is C25H34ClN5O2. The smallest absolute Gasteiger partial charge is 0.322 e. The van der Waals surface area contributed by atoms with Gasteiger partial charge in [-0.1, -0.05) is 42.8 Å². The first-order chi connectivity index (χ1) is 16.1. The molecule has 33 heavy (non-hydrogen) atoms. The lowest BCUT2D eigenvalue weighted by molar-refractivity contribution is 0.207. The number of rotatable bonds is 10. The van der Waals surface area contributed by atoms with E-state index in [1.807, 2.05) is 55.5 Å². The van der Waals surface area contributed by atoms with E-state index in [2.05, 4.69) is 21.2 Å². The van der Waals surface area contributed by atoms with Crippen LogP contribution in [0.1, 0.15) is 19.8 Å². The third-order valence-corrected chi connectivity index (χ3v) is 5.94. The van der Waals surface area contributed by atoms with Gasteiger partial charge in [0.05, 0.1) is 6.54 Å². The maximum Gasteiger partial charge on any atom is 0.322 e. The first kappa shape index (κ1) is 24.9. The number of halogens is 1. The second-order valence-electron chi connectivity index (χ2n) is 8.01. The number of amidine groups is 1. The van der Waals surface area contributed by atoms with Gasteiger partial charge in [0.1, 0.15) is 18.2 Å². The maximum absolute atomic E-state index is 12.7. The summed E-state index contributed by atoms with van der Waals surface area (Å²) < 4.78 is 5.70. The lowest BCUT2D eigenvalue weighted by Crippen LogP contribution is -2.48. The van der Waals surface area contributed by atoms with Gasteiger partial charge < -0.3 is 15.0 Å². The summed E-state index contributed by atoms with van der Waals surface area (Å²) in [5.41, 5.74) is 1.17. The van der Waals surface area contributed by atoms with Crippen molar-refractivity contribution in [3.63, 3.8) is 0 Å². The minimum atomic E-state index is -0.232. The minimum absolute atomic E-state index is 0.232. The molecule has 2 aromatic rings. The molecule has 0 aromatic heterocycles. The van der Waals surface area contributed by atoms with E-state index in [9.17, 15) is 4.79 Å². The SMILES string of the molecule is CCC(=N)N(CCOc1ccccc1)C(=O)NCCCN1CCN(c2cccc(Cl)c2)CC1. The molecule has 3 rings (SSSR count). The Morgan fingerprint density at radius 3 is 2.58 bits per heavy atom. The van der Waals surface area contributed by atoms with E-state index in [4.69, 9.17) is 21.7 Å². The molecular weight excluding hydrogens is 438 g/mol. The fourth-order valence-corrected chi connectivity index (χ4v) is 4.00. The van der Waals surface area contributed by atoms with Gasteiger partial charge in [-0.05, 0) is 43.3 Å². The zero-order chi connectivity index (χ0) is 23.5. The molecule has 0 aliphatic carbocycles. The number of nitrogens with one attached hydrogen (secondary N) is 2. The summed E-state index contributed by atoms with van der Waals surface area (Å²) in [5, 5.41) is 11.9. The molecule has 0 saturated carbocycles. The summed E-state index contributed by atoms with van der Waals surface area (Å²) in [5.74, 6) is 1.05. The van der Waals surface area contributed by atoms with Crippen LogP contribution >= 0.6 is 11.6 Å². The number of carbonyl (C=O) groups is 1. The topological polar surface area (TPSA) is 71.9 Å². The van der Waals surface area contributed by atoms with E-state index >= 15 is 0 Å². The highest BCUT2D eigenvalue weighted by atomic mass is 35.5. The first-order valence-corrected chi connectivity index (χ1v) is 12.0. The van der Waals surface area contributed by atoms with Crippen molar-refractivity contribution in [2.45, 2.75) is 19.8 Å². The van der Waals surface area contributed by atoms with Crippen molar-refractivity contribution in [2.24, 2.45) is 0 Å². The van der Waals surface area contributed by atoms with Crippen LogP contribution in [0.2, 0.25) is 5.02 Å². The fraction of sp³-hybridized carbons (Fsp3) is 0.440. The molecule has 2 N–H and O–H groups in total. The number of benzene rings is 2. The van der Waals surface area contributed by atoms with Crippen LogP contribution < -0.4 is 15.0 Å². The summed E-state index contributed by atoms with van der Waals surface area (Å²) in [6.07, 6.45) is 1.37. The van der Waals surface area contributed by atoms with E-state index in [1.54, 1.807) is 0 Å². The Bertz CT molecular complexity index is 887. The molecule has 178 valence electrons. The monoisotopic (exact) mass is 471 g/mol. The van der Waals surface area contributed by atoms with E-state index in [0.29, 0.717) is 32.0 Å². The standard InChI is InChI=1S/C25H34ClN5O2/c1-2-24(27)31(18-19-33-23-10-4-3-5-11-23)25(32)28-12-7-13-29-14-16-30(17-15-29)22-9-6-8-21(26)20-22/h3-6,8-11,20,27H,2,7,12-19H2,1H3,(H,28,32). The molecule has 1 heterocycles. The van der Waals surface area contributed by atoms with Gasteiger partial charge in [-0.2, -0.15) is 0 Å². The zero-order valence-corrected chi connectivity index (χ0v) is 20.1. The fourth-order valence-electron chi connectivity index (χ4n) is 3.82. The predicted molar refractivity (Wildman–Crippen MR) is 135 cm³/mol. The van der Waals surface area contributed by atoms with Gasteiger partial charge in [0, 0.05) is 49.9 Å². The Kier molecular flexibility index (Phi) is 9.84. The predicted octanol–water partition coefficient (Wildman–Crippen LogP) is 4.33. The van der Waals surface area contributed by atoms with Gasteiger partial charge in [-0.25, -0.2) is 4.79 Å². The minimum Gasteiger partial charge on any atom is -0.492 e. The quantitative estimate of drug-likeness (QED) is 0.307. The van der Waals surface area contributed by atoms with Gasteiger partial charge in [0.25, 0.3) is 0 Å². The van der Waals surface area contributed by atoms with Crippen molar-refractivity contribution in [1.29, 1.82) is 5.41 Å². The Morgan fingerprint density at radius 1 is 1.12 bits per heavy atom. The average Bonchev–Trinajstić information content (AvgIpc) is 2.85. The Balaban J connectivity index is 1.35. The van der Waals surface area contributed by atoms with Crippen molar-refractivity contribution < 1.29 is 9.53 Å².